The quantitative estimate of drug-likeness (QED) is 0.714. The molecule has 0 amide bonds. The van der Waals surface area contributed by atoms with Crippen LogP contribution in [0.1, 0.15) is 40.5 Å². The van der Waals surface area contributed by atoms with Crippen molar-refractivity contribution in [1.29, 1.82) is 5.26 Å². The van der Waals surface area contributed by atoms with Crippen LogP contribution in [0, 0.1) is 11.3 Å². The summed E-state index contributed by atoms with van der Waals surface area (Å²) in [6.07, 6.45) is 0.740. The van der Waals surface area contributed by atoms with Gasteiger partial charge in [-0.05, 0) is 40.5 Å². The Morgan fingerprint density at radius 3 is 2.00 bits per heavy atom. The predicted octanol–water partition coefficient (Wildman–Crippen LogP) is 0.810. The Kier molecular flexibility index (Phi) is 6.97. The molecule has 0 aliphatic rings. The molecule has 2 unspecified atom stereocenters. The van der Waals surface area contributed by atoms with E-state index in [0.29, 0.717) is 12.8 Å². The summed E-state index contributed by atoms with van der Waals surface area (Å²) in [6, 6.07) is 1.30. The highest BCUT2D eigenvalue weighted by molar-refractivity contribution is 7.92. The number of hydrogen-bond donors (Lipinski definition) is 1. The Bertz CT molecular complexity index is 517. The van der Waals surface area contributed by atoms with Crippen LogP contribution in [-0.4, -0.2) is 39.1 Å². The van der Waals surface area contributed by atoms with Crippen LogP contribution in [0.5, 0.6) is 0 Å². The first-order valence-electron chi connectivity index (χ1n) is 6.12. The van der Waals surface area contributed by atoms with E-state index in [-0.39, 0.29) is 6.04 Å². The fraction of sp³-hybridized carbons (Fsp3) is 0.909. The second-order valence-corrected chi connectivity index (χ2v) is 9.65. The van der Waals surface area contributed by atoms with E-state index in [2.05, 4.69) is 4.72 Å². The van der Waals surface area contributed by atoms with Crippen molar-refractivity contribution < 1.29 is 16.8 Å². The minimum absolute atomic E-state index is 0.325. The number of sulfonamides is 1. The number of nitrogens with one attached hydrogen (secondary N) is 1. The lowest BCUT2D eigenvalue weighted by atomic mass is 10.1. The molecule has 1 N–H and O–H groups in total. The van der Waals surface area contributed by atoms with Gasteiger partial charge >= 0.3 is 0 Å². The minimum atomic E-state index is -3.40. The normalized spacial score (nSPS) is 16.0. The molecule has 0 spiro atoms. The molecule has 0 aliphatic carbocycles. The van der Waals surface area contributed by atoms with Gasteiger partial charge in [0.2, 0.25) is 10.0 Å². The molecule has 0 aliphatic heterocycles. The van der Waals surface area contributed by atoms with E-state index in [1.807, 2.05) is 0 Å². The van der Waals surface area contributed by atoms with Gasteiger partial charge in [0.15, 0.2) is 9.84 Å². The topological polar surface area (TPSA) is 104 Å². The third kappa shape index (κ3) is 6.36. The monoisotopic (exact) mass is 310 g/mol. The van der Waals surface area contributed by atoms with Crippen LogP contribution < -0.4 is 4.72 Å². The zero-order chi connectivity index (χ0) is 15.3. The summed E-state index contributed by atoms with van der Waals surface area (Å²) < 4.78 is 48.9. The Balaban J connectivity index is 4.41. The summed E-state index contributed by atoms with van der Waals surface area (Å²) in [4.78, 5) is 0. The van der Waals surface area contributed by atoms with Gasteiger partial charge in [-0.25, -0.2) is 21.6 Å². The van der Waals surface area contributed by atoms with Gasteiger partial charge in [-0.15, -0.1) is 0 Å². The molecule has 112 valence electrons. The van der Waals surface area contributed by atoms with Crippen molar-refractivity contribution in [2.75, 3.05) is 5.75 Å². The first kappa shape index (κ1) is 18.4. The summed E-state index contributed by atoms with van der Waals surface area (Å²) in [5, 5.41) is 7.26. The molecule has 0 saturated heterocycles. The average Bonchev–Trinajstić information content (AvgIpc) is 2.24. The van der Waals surface area contributed by atoms with Gasteiger partial charge in [-0.1, -0.05) is 0 Å². The van der Waals surface area contributed by atoms with E-state index >= 15 is 0 Å². The van der Waals surface area contributed by atoms with Gasteiger partial charge in [-0.2, -0.15) is 5.26 Å². The van der Waals surface area contributed by atoms with Crippen molar-refractivity contribution in [2.24, 2.45) is 0 Å². The lowest BCUT2D eigenvalue weighted by Gasteiger charge is -2.18. The second kappa shape index (κ2) is 7.22. The molecule has 0 radical (unpaired) electrons. The standard InChI is InChI=1S/C11H22N2O4S2/c1-9(2)19(16,17)13-10(3)5-6-11(4)18(14,15)8-7-12/h9-11,13H,5-6,8H2,1-4H3. The van der Waals surface area contributed by atoms with Crippen LogP contribution in [0.15, 0.2) is 0 Å². The summed E-state index contributed by atoms with van der Waals surface area (Å²) in [7, 11) is -6.75. The molecule has 19 heavy (non-hydrogen) atoms. The molecule has 0 aromatic heterocycles. The van der Waals surface area contributed by atoms with E-state index in [0.717, 1.165) is 0 Å². The third-order valence-corrected chi connectivity index (χ3v) is 6.84. The van der Waals surface area contributed by atoms with Crippen molar-refractivity contribution in [2.45, 2.75) is 57.1 Å². The largest absolute Gasteiger partial charge is 0.227 e. The highest BCUT2D eigenvalue weighted by atomic mass is 32.2. The fourth-order valence-electron chi connectivity index (χ4n) is 1.37. The Hall–Kier alpha value is -0.650. The van der Waals surface area contributed by atoms with Crippen molar-refractivity contribution >= 4 is 19.9 Å². The lowest BCUT2D eigenvalue weighted by Crippen LogP contribution is -2.38. The highest BCUT2D eigenvalue weighted by Crippen LogP contribution is 2.11. The van der Waals surface area contributed by atoms with Crippen molar-refractivity contribution in [1.82, 2.24) is 4.72 Å². The van der Waals surface area contributed by atoms with Crippen LogP contribution in [0.25, 0.3) is 0 Å². The molecular weight excluding hydrogens is 288 g/mol. The number of nitriles is 1. The molecular formula is C11H22N2O4S2. The van der Waals surface area contributed by atoms with E-state index < -0.39 is 36.1 Å². The first-order valence-corrected chi connectivity index (χ1v) is 9.38. The van der Waals surface area contributed by atoms with Gasteiger partial charge in [-0.3, -0.25) is 0 Å². The van der Waals surface area contributed by atoms with Crippen molar-refractivity contribution in [3.8, 4) is 6.07 Å². The van der Waals surface area contributed by atoms with E-state index in [1.54, 1.807) is 26.8 Å². The maximum absolute atomic E-state index is 11.6. The van der Waals surface area contributed by atoms with Crippen molar-refractivity contribution in [3.05, 3.63) is 0 Å². The van der Waals surface area contributed by atoms with E-state index in [9.17, 15) is 16.8 Å². The summed E-state index contributed by atoms with van der Waals surface area (Å²) in [5.41, 5.74) is 0. The smallest absolute Gasteiger partial charge is 0.214 e. The number of sulfone groups is 1. The molecule has 8 heteroatoms. The molecule has 0 heterocycles. The van der Waals surface area contributed by atoms with Crippen LogP contribution in [0.2, 0.25) is 0 Å². The summed E-state index contributed by atoms with van der Waals surface area (Å²) in [6.45, 7) is 6.39. The lowest BCUT2D eigenvalue weighted by molar-refractivity contribution is 0.522. The van der Waals surface area contributed by atoms with E-state index in [1.165, 1.54) is 6.92 Å². The van der Waals surface area contributed by atoms with Crippen LogP contribution in [0.3, 0.4) is 0 Å². The van der Waals surface area contributed by atoms with Crippen LogP contribution >= 0.6 is 0 Å². The summed E-state index contributed by atoms with van der Waals surface area (Å²) >= 11 is 0. The summed E-state index contributed by atoms with van der Waals surface area (Å²) in [5.74, 6) is -0.500. The third-order valence-electron chi connectivity index (χ3n) is 2.87. The Morgan fingerprint density at radius 2 is 1.58 bits per heavy atom. The average molecular weight is 310 g/mol. The zero-order valence-corrected chi connectivity index (χ0v) is 13.4. The molecule has 0 fully saturated rings. The molecule has 2 atom stereocenters. The SMILES string of the molecule is CC(CCC(C)S(=O)(=O)CC#N)NS(=O)(=O)C(C)C. The van der Waals surface area contributed by atoms with Crippen LogP contribution in [-0.2, 0) is 19.9 Å². The van der Waals surface area contributed by atoms with Gasteiger partial charge < -0.3 is 0 Å². The predicted molar refractivity (Wildman–Crippen MR) is 74.7 cm³/mol. The first-order chi connectivity index (χ1) is 8.53. The van der Waals surface area contributed by atoms with Gasteiger partial charge in [0.25, 0.3) is 0 Å². The molecule has 0 saturated carbocycles. The molecule has 0 aromatic rings. The Morgan fingerprint density at radius 1 is 1.05 bits per heavy atom. The zero-order valence-electron chi connectivity index (χ0n) is 11.8. The molecule has 6 nitrogen and oxygen atoms in total. The Labute approximate surface area is 116 Å². The maximum atomic E-state index is 11.6. The number of hydrogen-bond acceptors (Lipinski definition) is 5. The van der Waals surface area contributed by atoms with Gasteiger partial charge in [0.05, 0.1) is 16.6 Å². The van der Waals surface area contributed by atoms with E-state index in [4.69, 9.17) is 5.26 Å². The molecule has 0 rings (SSSR count). The second-order valence-electron chi connectivity index (χ2n) is 4.97. The number of rotatable bonds is 8. The number of nitrogens with zero attached hydrogens (tertiary/aromatic N) is 1. The molecule has 0 bridgehead atoms. The van der Waals surface area contributed by atoms with Crippen LogP contribution in [0.4, 0.5) is 0 Å². The van der Waals surface area contributed by atoms with Gasteiger partial charge in [0, 0.05) is 6.04 Å². The fourth-order valence-corrected chi connectivity index (χ4v) is 3.28. The maximum Gasteiger partial charge on any atom is 0.214 e. The highest BCUT2D eigenvalue weighted by Gasteiger charge is 2.23. The minimum Gasteiger partial charge on any atom is -0.227 e. The molecule has 0 aromatic carbocycles. The van der Waals surface area contributed by atoms with Gasteiger partial charge in [0.1, 0.15) is 5.75 Å². The van der Waals surface area contributed by atoms with Crippen molar-refractivity contribution in [3.63, 3.8) is 0 Å².